The number of hydrogen-bond acceptors (Lipinski definition) is 6. The van der Waals surface area contributed by atoms with Crippen LogP contribution in [0.4, 0.5) is 0 Å². The van der Waals surface area contributed by atoms with Crippen molar-refractivity contribution in [2.75, 3.05) is 32.5 Å². The Bertz CT molecular complexity index is 856. The Hall–Kier alpha value is -1.94. The number of ether oxygens (including phenoxy) is 2. The first-order valence-corrected chi connectivity index (χ1v) is 11.0. The zero-order valence-corrected chi connectivity index (χ0v) is 17.3. The van der Waals surface area contributed by atoms with Gasteiger partial charge in [0.25, 0.3) is 0 Å². The van der Waals surface area contributed by atoms with E-state index in [1.807, 2.05) is 38.1 Å². The summed E-state index contributed by atoms with van der Waals surface area (Å²) in [6, 6.07) is 7.71. The van der Waals surface area contributed by atoms with Crippen molar-refractivity contribution >= 4 is 10.0 Å². The van der Waals surface area contributed by atoms with Crippen LogP contribution in [0.3, 0.4) is 0 Å². The Morgan fingerprint density at radius 2 is 1.93 bits per heavy atom. The van der Waals surface area contributed by atoms with Gasteiger partial charge in [0, 0.05) is 37.3 Å². The maximum Gasteiger partial charge on any atom is 0.215 e. The summed E-state index contributed by atoms with van der Waals surface area (Å²) in [7, 11) is -1.67. The molecular formula is C19H28N4O4S. The molecule has 2 aromatic rings. The second-order valence-corrected chi connectivity index (χ2v) is 9.15. The number of rotatable bonds is 8. The van der Waals surface area contributed by atoms with Gasteiger partial charge in [-0.1, -0.05) is 0 Å². The van der Waals surface area contributed by atoms with Gasteiger partial charge >= 0.3 is 0 Å². The van der Waals surface area contributed by atoms with Gasteiger partial charge in [-0.2, -0.15) is 9.40 Å². The molecule has 3 rings (SSSR count). The second-order valence-electron chi connectivity index (χ2n) is 7.07. The molecule has 2 unspecified atom stereocenters. The van der Waals surface area contributed by atoms with Crippen molar-refractivity contribution in [3.63, 3.8) is 0 Å². The van der Waals surface area contributed by atoms with E-state index in [0.717, 1.165) is 22.6 Å². The van der Waals surface area contributed by atoms with E-state index in [4.69, 9.17) is 9.47 Å². The van der Waals surface area contributed by atoms with Gasteiger partial charge in [-0.25, -0.2) is 8.42 Å². The van der Waals surface area contributed by atoms with Gasteiger partial charge in [-0.05, 0) is 38.1 Å². The highest BCUT2D eigenvalue weighted by Crippen LogP contribution is 2.23. The maximum atomic E-state index is 12.6. The second kappa shape index (κ2) is 9.04. The normalized spacial score (nSPS) is 21.0. The molecule has 154 valence electrons. The molecule has 28 heavy (non-hydrogen) atoms. The molecule has 2 N–H and O–H groups in total. The topological polar surface area (TPSA) is 96.5 Å². The molecular weight excluding hydrogens is 380 g/mol. The average molecular weight is 409 g/mol. The highest BCUT2D eigenvalue weighted by Gasteiger charge is 2.30. The van der Waals surface area contributed by atoms with Crippen molar-refractivity contribution in [2.24, 2.45) is 0 Å². The van der Waals surface area contributed by atoms with Crippen molar-refractivity contribution < 1.29 is 17.9 Å². The monoisotopic (exact) mass is 408 g/mol. The number of sulfonamides is 1. The first-order valence-electron chi connectivity index (χ1n) is 9.39. The molecule has 0 amide bonds. The van der Waals surface area contributed by atoms with Crippen molar-refractivity contribution in [2.45, 2.75) is 32.6 Å². The molecule has 8 nitrogen and oxygen atoms in total. The number of nitrogens with zero attached hydrogens (tertiary/aromatic N) is 2. The number of benzene rings is 1. The number of H-pyrrole nitrogens is 1. The van der Waals surface area contributed by atoms with Crippen molar-refractivity contribution in [3.8, 4) is 17.0 Å². The third-order valence-electron chi connectivity index (χ3n) is 4.73. The van der Waals surface area contributed by atoms with Crippen LogP contribution in [0.2, 0.25) is 0 Å². The van der Waals surface area contributed by atoms with Crippen LogP contribution < -0.4 is 10.1 Å². The van der Waals surface area contributed by atoms with Gasteiger partial charge in [-0.3, -0.25) is 5.10 Å². The van der Waals surface area contributed by atoms with Crippen LogP contribution >= 0.6 is 0 Å². The number of methoxy groups -OCH3 is 1. The van der Waals surface area contributed by atoms with Crippen LogP contribution in [0.25, 0.3) is 11.3 Å². The van der Waals surface area contributed by atoms with Gasteiger partial charge in [-0.15, -0.1) is 0 Å². The van der Waals surface area contributed by atoms with Gasteiger partial charge in [0.1, 0.15) is 5.75 Å². The van der Waals surface area contributed by atoms with E-state index in [2.05, 4.69) is 15.5 Å². The highest BCUT2D eigenvalue weighted by molar-refractivity contribution is 7.89. The maximum absolute atomic E-state index is 12.6. The smallest absolute Gasteiger partial charge is 0.215 e. The van der Waals surface area contributed by atoms with Crippen LogP contribution in [0.1, 0.15) is 19.4 Å². The fourth-order valence-corrected chi connectivity index (χ4v) is 4.90. The number of aromatic nitrogens is 2. The molecule has 0 saturated carbocycles. The lowest BCUT2D eigenvalue weighted by atomic mass is 10.1. The molecule has 0 aliphatic carbocycles. The summed E-state index contributed by atoms with van der Waals surface area (Å²) in [5, 5.41) is 10.3. The summed E-state index contributed by atoms with van der Waals surface area (Å²) in [6.45, 7) is 5.52. The van der Waals surface area contributed by atoms with Crippen LogP contribution in [-0.4, -0.2) is 67.6 Å². The highest BCUT2D eigenvalue weighted by atomic mass is 32.2. The SMILES string of the molecule is COc1ccc(-c2[nH]ncc2CNCCS(=O)(=O)N2CC(C)OC(C)C2)cc1. The Kier molecular flexibility index (Phi) is 6.71. The Morgan fingerprint density at radius 3 is 2.57 bits per heavy atom. The fraction of sp³-hybridized carbons (Fsp3) is 0.526. The van der Waals surface area contributed by atoms with E-state index in [0.29, 0.717) is 26.2 Å². The summed E-state index contributed by atoms with van der Waals surface area (Å²) in [5.74, 6) is 0.849. The largest absolute Gasteiger partial charge is 0.497 e. The quantitative estimate of drug-likeness (QED) is 0.645. The zero-order chi connectivity index (χ0) is 20.1. The van der Waals surface area contributed by atoms with Gasteiger partial charge in [0.15, 0.2) is 0 Å². The zero-order valence-electron chi connectivity index (χ0n) is 16.5. The molecule has 1 aromatic carbocycles. The molecule has 1 aromatic heterocycles. The van der Waals surface area contributed by atoms with Crippen LogP contribution in [0.15, 0.2) is 30.5 Å². The number of hydrogen-bond donors (Lipinski definition) is 2. The van der Waals surface area contributed by atoms with Crippen LogP contribution in [0.5, 0.6) is 5.75 Å². The summed E-state index contributed by atoms with van der Waals surface area (Å²) in [5.41, 5.74) is 2.89. The van der Waals surface area contributed by atoms with Crippen molar-refractivity contribution in [1.29, 1.82) is 0 Å². The summed E-state index contributed by atoms with van der Waals surface area (Å²) < 4.78 is 37.5. The van der Waals surface area contributed by atoms with Crippen LogP contribution in [-0.2, 0) is 21.3 Å². The van der Waals surface area contributed by atoms with Gasteiger partial charge in [0.2, 0.25) is 10.0 Å². The molecule has 1 aliphatic rings. The minimum absolute atomic E-state index is 0.0577. The lowest BCUT2D eigenvalue weighted by molar-refractivity contribution is -0.0440. The molecule has 0 radical (unpaired) electrons. The van der Waals surface area contributed by atoms with Crippen molar-refractivity contribution in [1.82, 2.24) is 19.8 Å². The Labute approximate surface area is 166 Å². The van der Waals surface area contributed by atoms with Gasteiger partial charge < -0.3 is 14.8 Å². The average Bonchev–Trinajstić information content (AvgIpc) is 3.13. The first kappa shape index (κ1) is 20.8. The van der Waals surface area contributed by atoms with E-state index < -0.39 is 10.0 Å². The van der Waals surface area contributed by atoms with E-state index in [1.165, 1.54) is 4.31 Å². The molecule has 1 aliphatic heterocycles. The van der Waals surface area contributed by atoms with E-state index in [1.54, 1.807) is 13.3 Å². The number of morpholine rings is 1. The third-order valence-corrected chi connectivity index (χ3v) is 6.53. The molecule has 0 bridgehead atoms. The fourth-order valence-electron chi connectivity index (χ4n) is 3.36. The Balaban J connectivity index is 1.54. The number of nitrogens with one attached hydrogen (secondary N) is 2. The number of aromatic amines is 1. The molecule has 0 spiro atoms. The summed E-state index contributed by atoms with van der Waals surface area (Å²) in [4.78, 5) is 0. The molecule has 1 fully saturated rings. The minimum Gasteiger partial charge on any atom is -0.497 e. The summed E-state index contributed by atoms with van der Waals surface area (Å²) >= 11 is 0. The standard InChI is InChI=1S/C19H28N4O4S/c1-14-12-23(13-15(2)27-14)28(24,25)9-8-20-10-17-11-21-22-19(17)16-4-6-18(26-3)7-5-16/h4-7,11,14-15,20H,8-10,12-13H2,1-3H3,(H,21,22). The lowest BCUT2D eigenvalue weighted by Crippen LogP contribution is -2.49. The van der Waals surface area contributed by atoms with E-state index in [-0.39, 0.29) is 18.0 Å². The molecule has 9 heteroatoms. The summed E-state index contributed by atoms with van der Waals surface area (Å²) in [6.07, 6.45) is 1.60. The lowest BCUT2D eigenvalue weighted by Gasteiger charge is -2.34. The predicted molar refractivity (Wildman–Crippen MR) is 108 cm³/mol. The van der Waals surface area contributed by atoms with Gasteiger partial charge in [0.05, 0.1) is 37.0 Å². The third kappa shape index (κ3) is 5.11. The van der Waals surface area contributed by atoms with E-state index >= 15 is 0 Å². The van der Waals surface area contributed by atoms with E-state index in [9.17, 15) is 8.42 Å². The first-order chi connectivity index (χ1) is 13.4. The van der Waals surface area contributed by atoms with Crippen LogP contribution in [0, 0.1) is 0 Å². The minimum atomic E-state index is -3.31. The van der Waals surface area contributed by atoms with Crippen molar-refractivity contribution in [3.05, 3.63) is 36.0 Å². The predicted octanol–water partition coefficient (Wildman–Crippen LogP) is 1.61. The molecule has 2 heterocycles. The molecule has 2 atom stereocenters. The molecule has 1 saturated heterocycles. The Morgan fingerprint density at radius 1 is 1.25 bits per heavy atom.